The fourth-order valence-electron chi connectivity index (χ4n) is 3.46. The van der Waals surface area contributed by atoms with Crippen molar-refractivity contribution in [2.24, 2.45) is 5.92 Å². The van der Waals surface area contributed by atoms with E-state index in [-0.39, 0.29) is 11.8 Å². The van der Waals surface area contributed by atoms with Crippen LogP contribution in [0.5, 0.6) is 0 Å². The molecular weight excluding hydrogens is 326 g/mol. The molecule has 0 spiro atoms. The van der Waals surface area contributed by atoms with E-state index < -0.39 is 0 Å². The number of benzene rings is 1. The average Bonchev–Trinajstić information content (AvgIpc) is 3.01. The smallest absolute Gasteiger partial charge is 0.257 e. The molecule has 1 aliphatic rings. The summed E-state index contributed by atoms with van der Waals surface area (Å²) in [5.74, 6) is 0.726. The number of nitrogens with zero attached hydrogens (tertiary/aromatic N) is 3. The van der Waals surface area contributed by atoms with Gasteiger partial charge in [-0.2, -0.15) is 5.10 Å². The zero-order valence-corrected chi connectivity index (χ0v) is 16.2. The lowest BCUT2D eigenvalue weighted by atomic mass is 9.98. The quantitative estimate of drug-likeness (QED) is 0.822. The van der Waals surface area contributed by atoms with Crippen LogP contribution in [0, 0.1) is 5.92 Å². The first-order valence-electron chi connectivity index (χ1n) is 9.53. The van der Waals surface area contributed by atoms with E-state index in [2.05, 4.69) is 27.7 Å². The Morgan fingerprint density at radius 2 is 1.77 bits per heavy atom. The number of morpholine rings is 1. The third-order valence-electron chi connectivity index (χ3n) is 4.66. The molecule has 140 valence electrons. The lowest BCUT2D eigenvalue weighted by Crippen LogP contribution is -2.41. The second kappa shape index (κ2) is 8.04. The molecule has 0 N–H and O–H groups in total. The van der Waals surface area contributed by atoms with Crippen molar-refractivity contribution in [1.82, 2.24) is 14.7 Å². The topological polar surface area (TPSA) is 47.4 Å². The van der Waals surface area contributed by atoms with Gasteiger partial charge >= 0.3 is 0 Å². The van der Waals surface area contributed by atoms with Gasteiger partial charge in [0.25, 0.3) is 5.91 Å². The van der Waals surface area contributed by atoms with Crippen LogP contribution in [0.4, 0.5) is 0 Å². The summed E-state index contributed by atoms with van der Waals surface area (Å²) in [4.78, 5) is 15.3. The van der Waals surface area contributed by atoms with E-state index in [0.717, 1.165) is 29.1 Å². The standard InChI is InChI=1S/C21H29N3O2/c1-15(2)14-18-19(21(25)23-10-12-26-13-11-23)20(16(3)4)24(22-18)17-8-6-5-7-9-17/h5-9,15-16H,10-14H2,1-4H3. The van der Waals surface area contributed by atoms with E-state index in [9.17, 15) is 4.79 Å². The maximum absolute atomic E-state index is 13.4. The number of para-hydroxylation sites is 1. The van der Waals surface area contributed by atoms with Gasteiger partial charge in [-0.15, -0.1) is 0 Å². The van der Waals surface area contributed by atoms with Crippen molar-refractivity contribution in [3.63, 3.8) is 0 Å². The third kappa shape index (κ3) is 3.83. The van der Waals surface area contributed by atoms with Gasteiger partial charge < -0.3 is 9.64 Å². The molecule has 1 aromatic carbocycles. The van der Waals surface area contributed by atoms with Crippen LogP contribution in [0.2, 0.25) is 0 Å². The van der Waals surface area contributed by atoms with Crippen molar-refractivity contribution in [3.05, 3.63) is 47.3 Å². The number of hydrogen-bond donors (Lipinski definition) is 0. The van der Waals surface area contributed by atoms with Crippen molar-refractivity contribution >= 4 is 5.91 Å². The highest BCUT2D eigenvalue weighted by Crippen LogP contribution is 2.29. The molecule has 1 aliphatic heterocycles. The van der Waals surface area contributed by atoms with E-state index in [1.807, 2.05) is 39.9 Å². The van der Waals surface area contributed by atoms with Crippen molar-refractivity contribution in [2.75, 3.05) is 26.3 Å². The molecule has 2 heterocycles. The lowest BCUT2D eigenvalue weighted by molar-refractivity contribution is 0.0301. The summed E-state index contributed by atoms with van der Waals surface area (Å²) in [5, 5.41) is 4.90. The number of rotatable bonds is 5. The molecule has 1 aromatic heterocycles. The van der Waals surface area contributed by atoms with Crippen LogP contribution in [0.15, 0.2) is 30.3 Å². The molecule has 26 heavy (non-hydrogen) atoms. The summed E-state index contributed by atoms with van der Waals surface area (Å²) < 4.78 is 7.39. The van der Waals surface area contributed by atoms with Crippen LogP contribution in [0.1, 0.15) is 55.4 Å². The van der Waals surface area contributed by atoms with Gasteiger partial charge in [-0.3, -0.25) is 4.79 Å². The maximum Gasteiger partial charge on any atom is 0.257 e. The predicted octanol–water partition coefficient (Wildman–Crippen LogP) is 3.67. The number of aromatic nitrogens is 2. The highest BCUT2D eigenvalue weighted by atomic mass is 16.5. The number of carbonyl (C=O) groups excluding carboxylic acids is 1. The van der Waals surface area contributed by atoms with Crippen LogP contribution >= 0.6 is 0 Å². The van der Waals surface area contributed by atoms with Crippen LogP contribution in [0.3, 0.4) is 0 Å². The van der Waals surface area contributed by atoms with Crippen LogP contribution in [0.25, 0.3) is 5.69 Å². The summed E-state index contributed by atoms with van der Waals surface area (Å²) >= 11 is 0. The van der Waals surface area contributed by atoms with Crippen LogP contribution in [-0.4, -0.2) is 46.9 Å². The molecule has 1 saturated heterocycles. The molecule has 1 amide bonds. The van der Waals surface area contributed by atoms with Gasteiger partial charge in [-0.1, -0.05) is 45.9 Å². The summed E-state index contributed by atoms with van der Waals surface area (Å²) in [7, 11) is 0. The molecular formula is C21H29N3O2. The Hall–Kier alpha value is -2.14. The van der Waals surface area contributed by atoms with Crippen molar-refractivity contribution < 1.29 is 9.53 Å². The molecule has 0 aliphatic carbocycles. The van der Waals surface area contributed by atoms with Crippen molar-refractivity contribution in [2.45, 2.75) is 40.0 Å². The van der Waals surface area contributed by atoms with Gasteiger partial charge in [0, 0.05) is 13.1 Å². The minimum Gasteiger partial charge on any atom is -0.378 e. The van der Waals surface area contributed by atoms with E-state index in [1.165, 1.54) is 0 Å². The fourth-order valence-corrected chi connectivity index (χ4v) is 3.46. The Kier molecular flexibility index (Phi) is 5.77. The average molecular weight is 355 g/mol. The van der Waals surface area contributed by atoms with Gasteiger partial charge in [0.05, 0.1) is 35.9 Å². The highest BCUT2D eigenvalue weighted by molar-refractivity contribution is 5.97. The summed E-state index contributed by atoms with van der Waals surface area (Å²) in [6.07, 6.45) is 0.797. The van der Waals surface area contributed by atoms with Gasteiger partial charge in [0.2, 0.25) is 0 Å². The molecule has 0 atom stereocenters. The van der Waals surface area contributed by atoms with E-state index >= 15 is 0 Å². The molecule has 0 saturated carbocycles. The SMILES string of the molecule is CC(C)Cc1nn(-c2ccccc2)c(C(C)C)c1C(=O)N1CCOCC1. The molecule has 0 radical (unpaired) electrons. The first-order valence-corrected chi connectivity index (χ1v) is 9.53. The summed E-state index contributed by atoms with van der Waals surface area (Å²) in [5.41, 5.74) is 3.70. The van der Waals surface area contributed by atoms with Gasteiger partial charge in [-0.05, 0) is 30.4 Å². The normalized spacial score (nSPS) is 15.1. The largest absolute Gasteiger partial charge is 0.378 e. The van der Waals surface area contributed by atoms with Crippen LogP contribution in [-0.2, 0) is 11.2 Å². The van der Waals surface area contributed by atoms with Gasteiger partial charge in [0.1, 0.15) is 0 Å². The fraction of sp³-hybridized carbons (Fsp3) is 0.524. The first kappa shape index (κ1) is 18.6. The Balaban J connectivity index is 2.12. The molecule has 1 fully saturated rings. The summed E-state index contributed by atoms with van der Waals surface area (Å²) in [6.45, 7) is 11.1. The monoisotopic (exact) mass is 355 g/mol. The van der Waals surface area contributed by atoms with Crippen molar-refractivity contribution in [3.8, 4) is 5.69 Å². The second-order valence-electron chi connectivity index (χ2n) is 7.61. The second-order valence-corrected chi connectivity index (χ2v) is 7.61. The Morgan fingerprint density at radius 1 is 1.12 bits per heavy atom. The molecule has 0 bridgehead atoms. The molecule has 3 rings (SSSR count). The van der Waals surface area contributed by atoms with Crippen LogP contribution < -0.4 is 0 Å². The zero-order valence-electron chi connectivity index (χ0n) is 16.2. The zero-order chi connectivity index (χ0) is 18.7. The minimum atomic E-state index is 0.0924. The minimum absolute atomic E-state index is 0.0924. The molecule has 0 unspecified atom stereocenters. The molecule has 2 aromatic rings. The van der Waals surface area contributed by atoms with Gasteiger partial charge in [-0.25, -0.2) is 4.68 Å². The Morgan fingerprint density at radius 3 is 2.35 bits per heavy atom. The van der Waals surface area contributed by atoms with E-state index in [4.69, 9.17) is 9.84 Å². The molecule has 5 heteroatoms. The highest BCUT2D eigenvalue weighted by Gasteiger charge is 2.30. The number of ether oxygens (including phenoxy) is 1. The van der Waals surface area contributed by atoms with E-state index in [1.54, 1.807) is 0 Å². The summed E-state index contributed by atoms with van der Waals surface area (Å²) in [6, 6.07) is 10.1. The third-order valence-corrected chi connectivity index (χ3v) is 4.66. The molecule has 5 nitrogen and oxygen atoms in total. The van der Waals surface area contributed by atoms with E-state index in [0.29, 0.717) is 32.2 Å². The number of amides is 1. The number of carbonyl (C=O) groups is 1. The number of hydrogen-bond acceptors (Lipinski definition) is 3. The Labute approximate surface area is 156 Å². The van der Waals surface area contributed by atoms with Gasteiger partial charge in [0.15, 0.2) is 0 Å². The maximum atomic E-state index is 13.4. The first-order chi connectivity index (χ1) is 12.5. The van der Waals surface area contributed by atoms with Crippen molar-refractivity contribution in [1.29, 1.82) is 0 Å². The Bertz CT molecular complexity index is 744. The lowest BCUT2D eigenvalue weighted by Gasteiger charge is -2.27. The predicted molar refractivity (Wildman–Crippen MR) is 103 cm³/mol.